The molecule has 2 N–H and O–H groups in total. The van der Waals surface area contributed by atoms with Crippen molar-refractivity contribution >= 4 is 12.6 Å². The van der Waals surface area contributed by atoms with Crippen molar-refractivity contribution in [1.82, 2.24) is 0 Å². The van der Waals surface area contributed by atoms with E-state index >= 15 is 0 Å². The summed E-state index contributed by atoms with van der Waals surface area (Å²) in [6.45, 7) is 0.870. The minimum atomic E-state index is 0.703. The fraction of sp³-hybridized carbons (Fsp3) is 1.00. The molecule has 0 radical (unpaired) electrons. The lowest BCUT2D eigenvalue weighted by atomic mass is 9.85. The van der Waals surface area contributed by atoms with Gasteiger partial charge in [0, 0.05) is 5.25 Å². The average molecular weight is 272 g/mol. The van der Waals surface area contributed by atoms with Gasteiger partial charge in [-0.25, -0.2) is 0 Å². The first-order valence-electron chi connectivity index (χ1n) is 8.21. The number of hydrogen-bond donors (Lipinski definition) is 2. The van der Waals surface area contributed by atoms with E-state index < -0.39 is 0 Å². The van der Waals surface area contributed by atoms with Crippen molar-refractivity contribution in [2.24, 2.45) is 11.7 Å². The van der Waals surface area contributed by atoms with Gasteiger partial charge in [-0.2, -0.15) is 12.6 Å². The van der Waals surface area contributed by atoms with Crippen LogP contribution >= 0.6 is 12.6 Å². The van der Waals surface area contributed by atoms with Crippen LogP contribution in [0.4, 0.5) is 0 Å². The summed E-state index contributed by atoms with van der Waals surface area (Å²) in [7, 11) is 0. The van der Waals surface area contributed by atoms with Gasteiger partial charge in [-0.05, 0) is 44.6 Å². The SMILES string of the molecule is NCCCCCCCCCCC1CCC(S)CC1. The monoisotopic (exact) mass is 271 g/mol. The van der Waals surface area contributed by atoms with E-state index in [9.17, 15) is 0 Å². The summed E-state index contributed by atoms with van der Waals surface area (Å²) in [5.74, 6) is 1.03. The van der Waals surface area contributed by atoms with E-state index in [0.29, 0.717) is 5.25 Å². The molecule has 0 amide bonds. The lowest BCUT2D eigenvalue weighted by Crippen LogP contribution is -2.14. The molecular formula is C16H33NS. The first-order valence-corrected chi connectivity index (χ1v) is 8.72. The van der Waals surface area contributed by atoms with E-state index in [1.165, 1.54) is 83.5 Å². The van der Waals surface area contributed by atoms with Gasteiger partial charge >= 0.3 is 0 Å². The van der Waals surface area contributed by atoms with Gasteiger partial charge in [-0.3, -0.25) is 0 Å². The maximum Gasteiger partial charge on any atom is 0.00170 e. The van der Waals surface area contributed by atoms with E-state index in [1.807, 2.05) is 0 Å². The third-order valence-electron chi connectivity index (χ3n) is 4.38. The molecule has 0 aromatic rings. The van der Waals surface area contributed by atoms with Crippen LogP contribution in [0.1, 0.15) is 83.5 Å². The third-order valence-corrected chi connectivity index (χ3v) is 4.90. The van der Waals surface area contributed by atoms with Crippen LogP contribution in [0.25, 0.3) is 0 Å². The van der Waals surface area contributed by atoms with Crippen LogP contribution in [-0.2, 0) is 0 Å². The number of thiol groups is 1. The Bertz CT molecular complexity index is 176. The first kappa shape index (κ1) is 16.4. The maximum absolute atomic E-state index is 5.48. The predicted molar refractivity (Wildman–Crippen MR) is 85.3 cm³/mol. The summed E-state index contributed by atoms with van der Waals surface area (Å²) in [5, 5.41) is 0.703. The van der Waals surface area contributed by atoms with Crippen molar-refractivity contribution in [1.29, 1.82) is 0 Å². The second-order valence-corrected chi connectivity index (χ2v) is 6.81. The van der Waals surface area contributed by atoms with Gasteiger partial charge in [0.25, 0.3) is 0 Å². The van der Waals surface area contributed by atoms with Gasteiger partial charge in [0.2, 0.25) is 0 Å². The van der Waals surface area contributed by atoms with Crippen molar-refractivity contribution < 1.29 is 0 Å². The van der Waals surface area contributed by atoms with Crippen LogP contribution in [0.3, 0.4) is 0 Å². The van der Waals surface area contributed by atoms with Crippen LogP contribution in [-0.4, -0.2) is 11.8 Å². The van der Waals surface area contributed by atoms with Crippen molar-refractivity contribution in [3.63, 3.8) is 0 Å². The topological polar surface area (TPSA) is 26.0 Å². The van der Waals surface area contributed by atoms with Gasteiger partial charge in [0.05, 0.1) is 0 Å². The summed E-state index contributed by atoms with van der Waals surface area (Å²) < 4.78 is 0. The summed E-state index contributed by atoms with van der Waals surface area (Å²) in [5.41, 5.74) is 5.48. The molecule has 1 fully saturated rings. The predicted octanol–water partition coefficient (Wildman–Crippen LogP) is 4.94. The molecule has 0 aromatic heterocycles. The zero-order chi connectivity index (χ0) is 13.1. The molecule has 0 saturated heterocycles. The van der Waals surface area contributed by atoms with Crippen molar-refractivity contribution in [2.45, 2.75) is 88.7 Å². The molecule has 1 rings (SSSR count). The molecule has 0 atom stereocenters. The highest BCUT2D eigenvalue weighted by Gasteiger charge is 2.17. The zero-order valence-corrected chi connectivity index (χ0v) is 13.0. The van der Waals surface area contributed by atoms with Gasteiger partial charge in [-0.15, -0.1) is 0 Å². The van der Waals surface area contributed by atoms with Gasteiger partial charge in [0.1, 0.15) is 0 Å². The van der Waals surface area contributed by atoms with Gasteiger partial charge in [0.15, 0.2) is 0 Å². The molecule has 0 spiro atoms. The van der Waals surface area contributed by atoms with E-state index in [2.05, 4.69) is 12.6 Å². The van der Waals surface area contributed by atoms with E-state index in [4.69, 9.17) is 5.73 Å². The highest BCUT2D eigenvalue weighted by Crippen LogP contribution is 2.30. The molecular weight excluding hydrogens is 238 g/mol. The fourth-order valence-corrected chi connectivity index (χ4v) is 3.37. The highest BCUT2D eigenvalue weighted by atomic mass is 32.1. The normalized spacial score (nSPS) is 24.3. The molecule has 2 heteroatoms. The number of hydrogen-bond acceptors (Lipinski definition) is 2. The molecule has 0 aliphatic heterocycles. The van der Waals surface area contributed by atoms with Gasteiger partial charge < -0.3 is 5.73 Å². The Balaban J connectivity index is 1.78. The van der Waals surface area contributed by atoms with Crippen LogP contribution in [0.2, 0.25) is 0 Å². The van der Waals surface area contributed by atoms with E-state index in [1.54, 1.807) is 0 Å². The number of nitrogens with two attached hydrogens (primary N) is 1. The largest absolute Gasteiger partial charge is 0.330 e. The van der Waals surface area contributed by atoms with Crippen molar-refractivity contribution in [2.75, 3.05) is 6.54 Å². The van der Waals surface area contributed by atoms with Crippen LogP contribution < -0.4 is 5.73 Å². The van der Waals surface area contributed by atoms with Crippen LogP contribution in [0, 0.1) is 5.92 Å². The molecule has 0 bridgehead atoms. The van der Waals surface area contributed by atoms with E-state index in [-0.39, 0.29) is 0 Å². The first-order chi connectivity index (χ1) is 8.83. The minimum Gasteiger partial charge on any atom is -0.330 e. The number of rotatable bonds is 10. The van der Waals surface area contributed by atoms with Crippen molar-refractivity contribution in [3.05, 3.63) is 0 Å². The molecule has 0 unspecified atom stereocenters. The summed E-state index contributed by atoms with van der Waals surface area (Å²) in [4.78, 5) is 0. The zero-order valence-electron chi connectivity index (χ0n) is 12.1. The molecule has 18 heavy (non-hydrogen) atoms. The Morgan fingerprint density at radius 1 is 0.722 bits per heavy atom. The molecule has 108 valence electrons. The third kappa shape index (κ3) is 8.42. The second kappa shape index (κ2) is 11.2. The summed E-state index contributed by atoms with van der Waals surface area (Å²) in [6, 6.07) is 0. The van der Waals surface area contributed by atoms with Crippen molar-refractivity contribution in [3.8, 4) is 0 Å². The Morgan fingerprint density at radius 2 is 1.22 bits per heavy atom. The Hall–Kier alpha value is 0.310. The Morgan fingerprint density at radius 3 is 1.78 bits per heavy atom. The molecule has 1 nitrogen and oxygen atoms in total. The molecule has 1 aliphatic rings. The smallest absolute Gasteiger partial charge is 0.00170 e. The van der Waals surface area contributed by atoms with E-state index in [0.717, 1.165) is 12.5 Å². The molecule has 0 heterocycles. The quantitative estimate of drug-likeness (QED) is 0.427. The highest BCUT2D eigenvalue weighted by molar-refractivity contribution is 7.80. The number of unbranched alkanes of at least 4 members (excludes halogenated alkanes) is 7. The lowest BCUT2D eigenvalue weighted by Gasteiger charge is -2.25. The lowest BCUT2D eigenvalue weighted by molar-refractivity contribution is 0.334. The Labute approximate surface area is 120 Å². The fourth-order valence-electron chi connectivity index (χ4n) is 3.07. The summed E-state index contributed by atoms with van der Waals surface area (Å²) >= 11 is 4.57. The van der Waals surface area contributed by atoms with Crippen LogP contribution in [0.5, 0.6) is 0 Å². The molecule has 0 aromatic carbocycles. The molecule has 1 aliphatic carbocycles. The minimum absolute atomic E-state index is 0.703. The maximum atomic E-state index is 5.48. The molecule has 1 saturated carbocycles. The average Bonchev–Trinajstić information content (AvgIpc) is 2.39. The Kier molecular flexibility index (Phi) is 10.1. The van der Waals surface area contributed by atoms with Crippen LogP contribution in [0.15, 0.2) is 0 Å². The summed E-state index contributed by atoms with van der Waals surface area (Å²) in [6.07, 6.45) is 18.2. The standard InChI is InChI=1S/C16H33NS/c17-14-8-6-4-2-1-3-5-7-9-15-10-12-16(18)13-11-15/h15-16,18H,1-14,17H2. The van der Waals surface area contributed by atoms with Gasteiger partial charge in [-0.1, -0.05) is 51.4 Å². The second-order valence-electron chi connectivity index (χ2n) is 6.08.